The molecule has 0 radical (unpaired) electrons. The van der Waals surface area contributed by atoms with Crippen LogP contribution in [0, 0.1) is 35.5 Å². The maximum Gasteiger partial charge on any atom is 0.0519 e. The zero-order valence-electron chi connectivity index (χ0n) is 10.2. The molecule has 10 atom stereocenters. The van der Waals surface area contributed by atoms with Crippen molar-refractivity contribution < 1.29 is 0 Å². The maximum atomic E-state index is 3.02. The maximum absolute atomic E-state index is 3.02. The lowest BCUT2D eigenvalue weighted by atomic mass is 9.63. The van der Waals surface area contributed by atoms with Gasteiger partial charge in [0.1, 0.15) is 0 Å². The molecule has 0 aromatic carbocycles. The average Bonchev–Trinajstić information content (AvgIpc) is 3.02. The molecule has 10 unspecified atom stereocenters. The molecule has 0 aromatic heterocycles. The lowest BCUT2D eigenvalue weighted by Crippen LogP contribution is -2.50. The van der Waals surface area contributed by atoms with Gasteiger partial charge in [-0.25, -0.2) is 0 Å². The second-order valence-corrected chi connectivity index (χ2v) is 8.11. The third-order valence-electron chi connectivity index (χ3n) is 8.35. The van der Waals surface area contributed by atoms with Gasteiger partial charge in [0.05, 0.1) is 6.67 Å². The summed E-state index contributed by atoms with van der Waals surface area (Å²) in [5.74, 6) is 6.87. The van der Waals surface area contributed by atoms with Crippen molar-refractivity contribution in [3.8, 4) is 0 Å². The van der Waals surface area contributed by atoms with Gasteiger partial charge in [0.15, 0.2) is 0 Å². The minimum atomic E-state index is 1.04. The monoisotopic (exact) mass is 228 g/mol. The highest BCUT2D eigenvalue weighted by atomic mass is 15.5. The Hall–Kier alpha value is -0.0800. The molecule has 17 heavy (non-hydrogen) atoms. The van der Waals surface area contributed by atoms with Crippen molar-refractivity contribution in [1.82, 2.24) is 9.80 Å². The fraction of sp³-hybridized carbons (Fsp3) is 1.00. The van der Waals surface area contributed by atoms with Crippen LogP contribution in [0.2, 0.25) is 0 Å². The van der Waals surface area contributed by atoms with E-state index in [1.165, 1.54) is 6.67 Å². The van der Waals surface area contributed by atoms with Gasteiger partial charge >= 0.3 is 0 Å². The van der Waals surface area contributed by atoms with Crippen molar-refractivity contribution in [3.05, 3.63) is 0 Å². The Kier molecular flexibility index (Phi) is 1.02. The average molecular weight is 228 g/mol. The molecule has 0 N–H and O–H groups in total. The quantitative estimate of drug-likeness (QED) is 0.618. The normalized spacial score (nSPS) is 76.9. The highest BCUT2D eigenvalue weighted by Crippen LogP contribution is 2.75. The van der Waals surface area contributed by atoms with E-state index in [0.717, 1.165) is 59.7 Å². The van der Waals surface area contributed by atoms with E-state index in [2.05, 4.69) is 9.80 Å². The van der Waals surface area contributed by atoms with Crippen LogP contribution in [0.1, 0.15) is 25.7 Å². The molecule has 3 aliphatic heterocycles. The second kappa shape index (κ2) is 2.12. The van der Waals surface area contributed by atoms with E-state index in [-0.39, 0.29) is 0 Å². The lowest BCUT2D eigenvalue weighted by Gasteiger charge is -2.44. The number of rotatable bonds is 0. The summed E-state index contributed by atoms with van der Waals surface area (Å²) in [4.78, 5) is 6.05. The Morgan fingerprint density at radius 3 is 1.82 bits per heavy atom. The van der Waals surface area contributed by atoms with Crippen molar-refractivity contribution in [3.63, 3.8) is 0 Å². The lowest BCUT2D eigenvalue weighted by molar-refractivity contribution is 0.0592. The largest absolute Gasteiger partial charge is 0.282 e. The standard InChI is InChI=1S/C15H20N2/c1-2-6-7(3-1)13-11-9-4-8-10(11)12(6)16-5-17(13)15(9)14(8)16/h6-15H,1-5H2. The first-order valence-electron chi connectivity index (χ1n) is 7.96. The third-order valence-corrected chi connectivity index (χ3v) is 8.35. The summed E-state index contributed by atoms with van der Waals surface area (Å²) in [5.41, 5.74) is 0. The van der Waals surface area contributed by atoms with E-state index >= 15 is 0 Å². The molecular weight excluding hydrogens is 208 g/mol. The summed E-state index contributed by atoms with van der Waals surface area (Å²) >= 11 is 0. The molecule has 3 saturated heterocycles. The van der Waals surface area contributed by atoms with Gasteiger partial charge in [-0.15, -0.1) is 0 Å². The minimum Gasteiger partial charge on any atom is -0.282 e. The molecule has 0 spiro atoms. The Bertz CT molecular complexity index is 410. The van der Waals surface area contributed by atoms with Crippen LogP contribution in [0.4, 0.5) is 0 Å². The Labute approximate surface area is 102 Å². The predicted octanol–water partition coefficient (Wildman–Crippen LogP) is 1.38. The molecule has 90 valence electrons. The number of fused-ring (bicyclic) bond motifs is 5. The van der Waals surface area contributed by atoms with Crippen molar-refractivity contribution >= 4 is 0 Å². The van der Waals surface area contributed by atoms with Gasteiger partial charge in [0, 0.05) is 24.2 Å². The van der Waals surface area contributed by atoms with E-state index < -0.39 is 0 Å². The van der Waals surface area contributed by atoms with E-state index in [9.17, 15) is 0 Å². The highest BCUT2D eigenvalue weighted by molar-refractivity contribution is 5.33. The fourth-order valence-electron chi connectivity index (χ4n) is 8.62. The summed E-state index contributed by atoms with van der Waals surface area (Å²) < 4.78 is 0. The van der Waals surface area contributed by atoms with Gasteiger partial charge < -0.3 is 0 Å². The van der Waals surface area contributed by atoms with E-state index in [4.69, 9.17) is 0 Å². The Balaban J connectivity index is 1.59. The predicted molar refractivity (Wildman–Crippen MR) is 63.1 cm³/mol. The summed E-state index contributed by atoms with van der Waals surface area (Å²) in [6.07, 6.45) is 6.33. The van der Waals surface area contributed by atoms with Gasteiger partial charge in [0.2, 0.25) is 0 Å². The molecular formula is C15H20N2. The van der Waals surface area contributed by atoms with E-state index in [0.29, 0.717) is 0 Å². The van der Waals surface area contributed by atoms with Crippen LogP contribution < -0.4 is 0 Å². The molecule has 0 aromatic rings. The van der Waals surface area contributed by atoms with Crippen LogP contribution in [0.5, 0.6) is 0 Å². The van der Waals surface area contributed by atoms with Crippen molar-refractivity contribution in [2.24, 2.45) is 35.5 Å². The van der Waals surface area contributed by atoms with Crippen LogP contribution >= 0.6 is 0 Å². The zero-order valence-corrected chi connectivity index (χ0v) is 10.2. The van der Waals surface area contributed by atoms with Gasteiger partial charge in [-0.1, -0.05) is 6.42 Å². The summed E-state index contributed by atoms with van der Waals surface area (Å²) in [5, 5.41) is 0. The van der Waals surface area contributed by atoms with Crippen LogP contribution in [0.25, 0.3) is 0 Å². The van der Waals surface area contributed by atoms with Crippen LogP contribution in [-0.4, -0.2) is 40.6 Å². The van der Waals surface area contributed by atoms with Gasteiger partial charge in [-0.3, -0.25) is 9.80 Å². The smallest absolute Gasteiger partial charge is 0.0519 e. The molecule has 0 amide bonds. The number of hydrogen-bond donors (Lipinski definition) is 0. The molecule has 7 aliphatic rings. The second-order valence-electron chi connectivity index (χ2n) is 8.11. The SMILES string of the molecule is C1CC2C(C1)C1C3C4CC5C3C2N2CN1C4C52. The van der Waals surface area contributed by atoms with E-state index in [1.807, 2.05) is 0 Å². The van der Waals surface area contributed by atoms with Gasteiger partial charge in [0.25, 0.3) is 0 Å². The van der Waals surface area contributed by atoms with Crippen LogP contribution in [0.15, 0.2) is 0 Å². The topological polar surface area (TPSA) is 6.48 Å². The Morgan fingerprint density at radius 2 is 1.24 bits per heavy atom. The highest BCUT2D eigenvalue weighted by Gasteiger charge is 2.81. The van der Waals surface area contributed by atoms with Crippen LogP contribution in [0.3, 0.4) is 0 Å². The van der Waals surface area contributed by atoms with Gasteiger partial charge in [-0.05, 0) is 54.8 Å². The summed E-state index contributed by atoms with van der Waals surface area (Å²) in [6.45, 7) is 1.39. The molecule has 2 bridgehead atoms. The fourth-order valence-corrected chi connectivity index (χ4v) is 8.62. The molecule has 7 rings (SSSR count). The number of nitrogens with zero attached hydrogens (tertiary/aromatic N) is 2. The summed E-state index contributed by atoms with van der Waals surface area (Å²) in [7, 11) is 0. The first-order valence-corrected chi connectivity index (χ1v) is 7.96. The van der Waals surface area contributed by atoms with Crippen LogP contribution in [-0.2, 0) is 0 Å². The molecule has 4 saturated carbocycles. The molecule has 4 aliphatic carbocycles. The molecule has 2 nitrogen and oxygen atoms in total. The van der Waals surface area contributed by atoms with E-state index in [1.54, 1.807) is 25.7 Å². The zero-order chi connectivity index (χ0) is 10.5. The minimum absolute atomic E-state index is 1.04. The number of hydrogen-bond acceptors (Lipinski definition) is 2. The first kappa shape index (κ1) is 8.16. The Morgan fingerprint density at radius 1 is 0.647 bits per heavy atom. The first-order chi connectivity index (χ1) is 8.45. The molecule has 2 heteroatoms. The molecule has 7 fully saturated rings. The summed E-state index contributed by atoms with van der Waals surface area (Å²) in [6, 6.07) is 4.19. The molecule has 3 heterocycles. The van der Waals surface area contributed by atoms with Gasteiger partial charge in [-0.2, -0.15) is 0 Å². The van der Waals surface area contributed by atoms with Crippen molar-refractivity contribution in [2.75, 3.05) is 6.67 Å². The van der Waals surface area contributed by atoms with Crippen molar-refractivity contribution in [2.45, 2.75) is 49.9 Å². The van der Waals surface area contributed by atoms with Crippen molar-refractivity contribution in [1.29, 1.82) is 0 Å². The third kappa shape index (κ3) is 0.565.